The maximum Gasteiger partial charge on any atom is 0.233 e. The van der Waals surface area contributed by atoms with E-state index in [9.17, 15) is 9.59 Å². The molecule has 2 amide bonds. The van der Waals surface area contributed by atoms with Crippen LogP contribution < -0.4 is 10.2 Å². The monoisotopic (exact) mass is 246 g/mol. The fraction of sp³-hybridized carbons (Fsp3) is 0.429. The Morgan fingerprint density at radius 2 is 1.67 bits per heavy atom. The van der Waals surface area contributed by atoms with E-state index in [2.05, 4.69) is 12.2 Å². The third-order valence-corrected chi connectivity index (χ3v) is 3.36. The standard InChI is InChI=1S/C14H18N2O2/c1-10(15-2)11-6-8-12(9-7-11)16-13(17)4-3-5-14(16)18/h6-10,15H,3-5H2,1-2H3. The third-order valence-electron chi connectivity index (χ3n) is 3.36. The van der Waals surface area contributed by atoms with E-state index in [0.717, 1.165) is 5.56 Å². The first-order valence-electron chi connectivity index (χ1n) is 6.26. The van der Waals surface area contributed by atoms with Crippen LogP contribution in [0.3, 0.4) is 0 Å². The Hall–Kier alpha value is -1.68. The number of imide groups is 1. The number of hydrogen-bond donors (Lipinski definition) is 1. The van der Waals surface area contributed by atoms with Crippen molar-refractivity contribution in [3.63, 3.8) is 0 Å². The Kier molecular flexibility index (Phi) is 3.77. The molecule has 1 aliphatic rings. The first kappa shape index (κ1) is 12.8. The fourth-order valence-corrected chi connectivity index (χ4v) is 2.12. The molecule has 0 aliphatic carbocycles. The Balaban J connectivity index is 2.23. The third kappa shape index (κ3) is 2.43. The van der Waals surface area contributed by atoms with E-state index in [0.29, 0.717) is 24.9 Å². The summed E-state index contributed by atoms with van der Waals surface area (Å²) in [4.78, 5) is 24.8. The van der Waals surface area contributed by atoms with Crippen LogP contribution in [0.4, 0.5) is 5.69 Å². The summed E-state index contributed by atoms with van der Waals surface area (Å²) >= 11 is 0. The SMILES string of the molecule is CNC(C)c1ccc(N2C(=O)CCCC2=O)cc1. The summed E-state index contributed by atoms with van der Waals surface area (Å²) in [7, 11) is 1.90. The van der Waals surface area contributed by atoms with Gasteiger partial charge in [-0.15, -0.1) is 0 Å². The number of carbonyl (C=O) groups is 2. The van der Waals surface area contributed by atoms with E-state index in [4.69, 9.17) is 0 Å². The Bertz CT molecular complexity index is 437. The van der Waals surface area contributed by atoms with Gasteiger partial charge in [0.15, 0.2) is 0 Å². The normalized spacial score (nSPS) is 18.0. The lowest BCUT2D eigenvalue weighted by Crippen LogP contribution is -2.40. The summed E-state index contributed by atoms with van der Waals surface area (Å²) < 4.78 is 0. The number of amides is 2. The smallest absolute Gasteiger partial charge is 0.233 e. The number of rotatable bonds is 3. The van der Waals surface area contributed by atoms with Gasteiger partial charge in [0.1, 0.15) is 0 Å². The van der Waals surface area contributed by atoms with Crippen LogP contribution in [0.15, 0.2) is 24.3 Å². The first-order valence-corrected chi connectivity index (χ1v) is 6.26. The number of nitrogens with one attached hydrogen (secondary N) is 1. The average Bonchev–Trinajstić information content (AvgIpc) is 2.38. The summed E-state index contributed by atoms with van der Waals surface area (Å²) in [6.07, 6.45) is 1.59. The second-order valence-corrected chi connectivity index (χ2v) is 4.58. The zero-order valence-corrected chi connectivity index (χ0v) is 10.8. The lowest BCUT2D eigenvalue weighted by atomic mass is 10.1. The number of hydrogen-bond acceptors (Lipinski definition) is 3. The maximum absolute atomic E-state index is 11.8. The van der Waals surface area contributed by atoms with Gasteiger partial charge in [-0.2, -0.15) is 0 Å². The quantitative estimate of drug-likeness (QED) is 0.830. The molecule has 1 unspecified atom stereocenters. The molecule has 0 bridgehead atoms. The van der Waals surface area contributed by atoms with Crippen LogP contribution in [0.1, 0.15) is 37.8 Å². The Morgan fingerprint density at radius 3 is 2.17 bits per heavy atom. The van der Waals surface area contributed by atoms with Gasteiger partial charge in [-0.05, 0) is 38.1 Å². The fourth-order valence-electron chi connectivity index (χ4n) is 2.12. The second kappa shape index (κ2) is 5.31. The van der Waals surface area contributed by atoms with E-state index in [-0.39, 0.29) is 17.9 Å². The predicted molar refractivity (Wildman–Crippen MR) is 70.3 cm³/mol. The van der Waals surface area contributed by atoms with Crippen LogP contribution in [0.5, 0.6) is 0 Å². The summed E-state index contributed by atoms with van der Waals surface area (Å²) in [5.41, 5.74) is 1.81. The van der Waals surface area contributed by atoms with Gasteiger partial charge in [0.05, 0.1) is 5.69 Å². The molecular formula is C14H18N2O2. The lowest BCUT2D eigenvalue weighted by Gasteiger charge is -2.25. The molecule has 1 saturated heterocycles. The highest BCUT2D eigenvalue weighted by atomic mass is 16.2. The summed E-state index contributed by atoms with van der Waals surface area (Å²) in [5.74, 6) is -0.193. The molecule has 18 heavy (non-hydrogen) atoms. The summed E-state index contributed by atoms with van der Waals surface area (Å²) in [6.45, 7) is 2.06. The minimum Gasteiger partial charge on any atom is -0.313 e. The van der Waals surface area contributed by atoms with E-state index in [1.54, 1.807) is 0 Å². The molecule has 0 saturated carbocycles. The number of piperidine rings is 1. The first-order chi connectivity index (χ1) is 8.63. The average molecular weight is 246 g/mol. The van der Waals surface area contributed by atoms with Crippen molar-refractivity contribution in [1.29, 1.82) is 0 Å². The van der Waals surface area contributed by atoms with Gasteiger partial charge in [0.2, 0.25) is 11.8 Å². The zero-order chi connectivity index (χ0) is 13.1. The number of anilines is 1. The van der Waals surface area contributed by atoms with E-state index in [1.807, 2.05) is 31.3 Å². The second-order valence-electron chi connectivity index (χ2n) is 4.58. The van der Waals surface area contributed by atoms with Crippen molar-refractivity contribution in [3.05, 3.63) is 29.8 Å². The highest BCUT2D eigenvalue weighted by Gasteiger charge is 2.27. The van der Waals surface area contributed by atoms with Crippen LogP contribution in [0.2, 0.25) is 0 Å². The summed E-state index contributed by atoms with van der Waals surface area (Å²) in [6, 6.07) is 7.83. The Morgan fingerprint density at radius 1 is 1.11 bits per heavy atom. The molecule has 96 valence electrons. The molecule has 2 rings (SSSR count). The van der Waals surface area contributed by atoms with Gasteiger partial charge in [-0.1, -0.05) is 12.1 Å². The van der Waals surface area contributed by atoms with Gasteiger partial charge >= 0.3 is 0 Å². The van der Waals surface area contributed by atoms with E-state index < -0.39 is 0 Å². The number of nitrogens with zero attached hydrogens (tertiary/aromatic N) is 1. The zero-order valence-electron chi connectivity index (χ0n) is 10.8. The van der Waals surface area contributed by atoms with Gasteiger partial charge in [0, 0.05) is 18.9 Å². The molecule has 1 N–H and O–H groups in total. The van der Waals surface area contributed by atoms with Crippen molar-refractivity contribution in [2.45, 2.75) is 32.2 Å². The van der Waals surface area contributed by atoms with Crippen molar-refractivity contribution in [3.8, 4) is 0 Å². The van der Waals surface area contributed by atoms with Gasteiger partial charge in [-0.3, -0.25) is 14.5 Å². The molecule has 0 aromatic heterocycles. The predicted octanol–water partition coefficient (Wildman–Crippen LogP) is 2.01. The molecule has 4 heteroatoms. The van der Waals surface area contributed by atoms with Crippen LogP contribution >= 0.6 is 0 Å². The van der Waals surface area contributed by atoms with Crippen LogP contribution in [-0.2, 0) is 9.59 Å². The molecule has 4 nitrogen and oxygen atoms in total. The molecule has 1 aliphatic heterocycles. The molecule has 0 spiro atoms. The lowest BCUT2D eigenvalue weighted by molar-refractivity contribution is -0.129. The Labute approximate surface area is 107 Å². The van der Waals surface area contributed by atoms with Gasteiger partial charge in [0.25, 0.3) is 0 Å². The molecular weight excluding hydrogens is 228 g/mol. The molecule has 1 atom stereocenters. The van der Waals surface area contributed by atoms with Gasteiger partial charge < -0.3 is 5.32 Å². The number of benzene rings is 1. The van der Waals surface area contributed by atoms with Crippen molar-refractivity contribution in [2.75, 3.05) is 11.9 Å². The topological polar surface area (TPSA) is 49.4 Å². The minimum absolute atomic E-state index is 0.0966. The highest BCUT2D eigenvalue weighted by molar-refractivity contribution is 6.16. The van der Waals surface area contributed by atoms with Gasteiger partial charge in [-0.25, -0.2) is 0 Å². The van der Waals surface area contributed by atoms with Crippen molar-refractivity contribution in [1.82, 2.24) is 5.32 Å². The van der Waals surface area contributed by atoms with Crippen LogP contribution in [0.25, 0.3) is 0 Å². The molecule has 1 fully saturated rings. The van der Waals surface area contributed by atoms with Crippen molar-refractivity contribution < 1.29 is 9.59 Å². The highest BCUT2D eigenvalue weighted by Crippen LogP contribution is 2.23. The van der Waals surface area contributed by atoms with E-state index in [1.165, 1.54) is 4.90 Å². The molecule has 0 radical (unpaired) electrons. The molecule has 1 heterocycles. The minimum atomic E-state index is -0.0966. The molecule has 1 aromatic carbocycles. The van der Waals surface area contributed by atoms with Crippen molar-refractivity contribution in [2.24, 2.45) is 0 Å². The van der Waals surface area contributed by atoms with Crippen LogP contribution in [-0.4, -0.2) is 18.9 Å². The summed E-state index contributed by atoms with van der Waals surface area (Å²) in [5, 5.41) is 3.15. The molecule has 1 aromatic rings. The number of carbonyl (C=O) groups excluding carboxylic acids is 2. The largest absolute Gasteiger partial charge is 0.313 e. The van der Waals surface area contributed by atoms with Crippen molar-refractivity contribution >= 4 is 17.5 Å². The maximum atomic E-state index is 11.8. The van der Waals surface area contributed by atoms with E-state index >= 15 is 0 Å². The van der Waals surface area contributed by atoms with Crippen LogP contribution in [0, 0.1) is 0 Å².